The Morgan fingerprint density at radius 1 is 1.38 bits per heavy atom. The number of nitrogens with zero attached hydrogens (tertiary/aromatic N) is 5. The average Bonchev–Trinajstić information content (AvgIpc) is 3.24. The van der Waals surface area contributed by atoms with E-state index < -0.39 is 0 Å². The van der Waals surface area contributed by atoms with Gasteiger partial charge in [-0.15, -0.1) is 10.2 Å². The Morgan fingerprint density at radius 3 is 3.04 bits per heavy atom. The van der Waals surface area contributed by atoms with E-state index >= 15 is 0 Å². The summed E-state index contributed by atoms with van der Waals surface area (Å²) in [6.45, 7) is 2.15. The van der Waals surface area contributed by atoms with Crippen molar-refractivity contribution in [3.63, 3.8) is 0 Å². The molecule has 124 valence electrons. The van der Waals surface area contributed by atoms with E-state index in [4.69, 9.17) is 0 Å². The number of fused-ring (bicyclic) bond motifs is 3. The summed E-state index contributed by atoms with van der Waals surface area (Å²) in [7, 11) is 0. The minimum Gasteiger partial charge on any atom is -0.258 e. The van der Waals surface area contributed by atoms with Crippen LogP contribution in [-0.4, -0.2) is 19.8 Å². The van der Waals surface area contributed by atoms with Crippen molar-refractivity contribution in [1.29, 1.82) is 0 Å². The fraction of sp³-hybridized carbons (Fsp3) is 0.333. The third-order valence-electron chi connectivity index (χ3n) is 3.95. The number of aromatic nitrogens is 3. The first-order chi connectivity index (χ1) is 11.7. The number of rotatable bonds is 5. The maximum absolute atomic E-state index is 11.1. The van der Waals surface area contributed by atoms with Crippen molar-refractivity contribution in [1.82, 2.24) is 14.9 Å². The lowest BCUT2D eigenvalue weighted by molar-refractivity contribution is -0.384. The Labute approximate surface area is 147 Å². The van der Waals surface area contributed by atoms with Crippen LogP contribution in [0.25, 0.3) is 0 Å². The number of thioether (sulfide) groups is 2. The van der Waals surface area contributed by atoms with Gasteiger partial charge in [-0.25, -0.2) is 4.68 Å². The Bertz CT molecular complexity index is 835. The van der Waals surface area contributed by atoms with Gasteiger partial charge in [-0.2, -0.15) is 0 Å². The van der Waals surface area contributed by atoms with Crippen molar-refractivity contribution in [2.45, 2.75) is 36.7 Å². The summed E-state index contributed by atoms with van der Waals surface area (Å²) in [4.78, 5) is 10.7. The van der Waals surface area contributed by atoms with Gasteiger partial charge >= 0.3 is 0 Å². The molecule has 7 nitrogen and oxygen atoms in total. The number of hydrogen-bond acceptors (Lipinski definition) is 7. The van der Waals surface area contributed by atoms with Crippen molar-refractivity contribution in [3.8, 4) is 0 Å². The van der Waals surface area contributed by atoms with Crippen LogP contribution in [0.3, 0.4) is 0 Å². The number of aryl methyl sites for hydroxylation is 1. The SMILES string of the molecule is CCCCc1nnc2n1N1C(=CSC1c1cccc([N+](=O)[O-])c1)S2. The number of nitro benzene ring substituents is 1. The van der Waals surface area contributed by atoms with Gasteiger partial charge in [0.15, 0.2) is 5.82 Å². The van der Waals surface area contributed by atoms with E-state index in [-0.39, 0.29) is 16.0 Å². The lowest BCUT2D eigenvalue weighted by atomic mass is 10.2. The Hall–Kier alpha value is -2.00. The first-order valence-corrected chi connectivity index (χ1v) is 9.46. The molecule has 2 aliphatic heterocycles. The van der Waals surface area contributed by atoms with E-state index in [1.54, 1.807) is 35.7 Å². The highest BCUT2D eigenvalue weighted by Crippen LogP contribution is 2.51. The topological polar surface area (TPSA) is 77.1 Å². The molecule has 0 aliphatic carbocycles. The predicted octanol–water partition coefficient (Wildman–Crippen LogP) is 3.82. The van der Waals surface area contributed by atoms with Crippen LogP contribution in [0.1, 0.15) is 36.5 Å². The molecule has 1 aromatic carbocycles. The van der Waals surface area contributed by atoms with E-state index in [1.807, 2.05) is 6.07 Å². The maximum atomic E-state index is 11.1. The number of unbranched alkanes of at least 4 members (excludes halogenated alkanes) is 1. The van der Waals surface area contributed by atoms with Crippen LogP contribution in [-0.2, 0) is 6.42 Å². The van der Waals surface area contributed by atoms with Crippen LogP contribution in [0.15, 0.2) is 39.9 Å². The second kappa shape index (κ2) is 6.14. The molecule has 1 atom stereocenters. The summed E-state index contributed by atoms with van der Waals surface area (Å²) in [5, 5.41) is 25.8. The zero-order valence-electron chi connectivity index (χ0n) is 13.0. The first kappa shape index (κ1) is 15.5. The number of benzene rings is 1. The molecule has 0 saturated heterocycles. The third-order valence-corrected chi connectivity index (χ3v) is 6.14. The lowest BCUT2D eigenvalue weighted by Crippen LogP contribution is -2.30. The molecule has 3 heterocycles. The van der Waals surface area contributed by atoms with Crippen LogP contribution in [0.4, 0.5) is 5.69 Å². The zero-order chi connectivity index (χ0) is 16.7. The van der Waals surface area contributed by atoms with Gasteiger partial charge in [0.2, 0.25) is 5.16 Å². The molecule has 0 fully saturated rings. The molecule has 0 N–H and O–H groups in total. The van der Waals surface area contributed by atoms with Crippen molar-refractivity contribution in [3.05, 3.63) is 56.2 Å². The molecular weight excluding hydrogens is 346 g/mol. The summed E-state index contributed by atoms with van der Waals surface area (Å²) in [6, 6.07) is 6.83. The highest BCUT2D eigenvalue weighted by atomic mass is 32.2. The number of nitro groups is 1. The van der Waals surface area contributed by atoms with E-state index in [0.717, 1.165) is 40.8 Å². The van der Waals surface area contributed by atoms with Crippen molar-refractivity contribution >= 4 is 29.2 Å². The van der Waals surface area contributed by atoms with Crippen LogP contribution in [0.2, 0.25) is 0 Å². The van der Waals surface area contributed by atoms with Crippen LogP contribution < -0.4 is 5.01 Å². The second-order valence-corrected chi connectivity index (χ2v) is 7.50. The first-order valence-electron chi connectivity index (χ1n) is 7.70. The van der Waals surface area contributed by atoms with Crippen molar-refractivity contribution < 1.29 is 4.92 Å². The molecule has 0 radical (unpaired) electrons. The van der Waals surface area contributed by atoms with Gasteiger partial charge in [-0.1, -0.05) is 37.2 Å². The monoisotopic (exact) mass is 361 g/mol. The van der Waals surface area contributed by atoms with Gasteiger partial charge in [0.05, 0.1) is 4.92 Å². The van der Waals surface area contributed by atoms with Gasteiger partial charge in [-0.05, 0) is 23.7 Å². The molecule has 1 unspecified atom stereocenters. The molecule has 9 heteroatoms. The molecule has 24 heavy (non-hydrogen) atoms. The third kappa shape index (κ3) is 2.48. The van der Waals surface area contributed by atoms with Gasteiger partial charge in [0, 0.05) is 24.0 Å². The fourth-order valence-corrected chi connectivity index (χ4v) is 5.03. The highest BCUT2D eigenvalue weighted by Gasteiger charge is 2.39. The van der Waals surface area contributed by atoms with Crippen molar-refractivity contribution in [2.75, 3.05) is 5.01 Å². The quantitative estimate of drug-likeness (QED) is 0.592. The molecule has 0 amide bonds. The minimum atomic E-state index is -0.354. The van der Waals surface area contributed by atoms with Gasteiger partial charge in [0.1, 0.15) is 10.4 Å². The molecule has 0 bridgehead atoms. The lowest BCUT2D eigenvalue weighted by Gasteiger charge is -2.25. The Morgan fingerprint density at radius 2 is 2.25 bits per heavy atom. The zero-order valence-corrected chi connectivity index (χ0v) is 14.6. The number of hydrogen-bond donors (Lipinski definition) is 0. The molecule has 2 aromatic rings. The molecule has 4 rings (SSSR count). The van der Waals surface area contributed by atoms with Gasteiger partial charge in [-0.3, -0.25) is 15.1 Å². The normalized spacial score (nSPS) is 18.5. The second-order valence-electron chi connectivity index (χ2n) is 5.56. The Kier molecular flexibility index (Phi) is 3.97. The molecule has 0 spiro atoms. The van der Waals surface area contributed by atoms with Crippen LogP contribution >= 0.6 is 23.5 Å². The summed E-state index contributed by atoms with van der Waals surface area (Å²) < 4.78 is 2.07. The van der Waals surface area contributed by atoms with Crippen LogP contribution in [0, 0.1) is 10.1 Å². The predicted molar refractivity (Wildman–Crippen MR) is 94.2 cm³/mol. The molecule has 1 aromatic heterocycles. The number of non-ortho nitro benzene ring substituents is 1. The van der Waals surface area contributed by atoms with Crippen LogP contribution in [0.5, 0.6) is 0 Å². The smallest absolute Gasteiger partial charge is 0.258 e. The fourth-order valence-electron chi connectivity index (χ4n) is 2.80. The summed E-state index contributed by atoms with van der Waals surface area (Å²) in [5.74, 6) is 0.945. The Balaban J connectivity index is 1.70. The molecular formula is C15H15N5O2S2. The van der Waals surface area contributed by atoms with Crippen molar-refractivity contribution in [2.24, 2.45) is 0 Å². The maximum Gasteiger partial charge on any atom is 0.269 e. The van der Waals surface area contributed by atoms with E-state index in [0.29, 0.717) is 0 Å². The highest BCUT2D eigenvalue weighted by molar-refractivity contribution is 8.07. The van der Waals surface area contributed by atoms with Gasteiger partial charge < -0.3 is 0 Å². The van der Waals surface area contributed by atoms with E-state index in [9.17, 15) is 10.1 Å². The summed E-state index contributed by atoms with van der Waals surface area (Å²) in [5.41, 5.74) is 1.02. The molecule has 0 saturated carbocycles. The van der Waals surface area contributed by atoms with E-state index in [2.05, 4.69) is 32.2 Å². The largest absolute Gasteiger partial charge is 0.269 e. The summed E-state index contributed by atoms with van der Waals surface area (Å²) >= 11 is 3.24. The van der Waals surface area contributed by atoms with Gasteiger partial charge in [0.25, 0.3) is 5.69 Å². The average molecular weight is 361 g/mol. The minimum absolute atomic E-state index is 0.0370. The molecule has 2 aliphatic rings. The summed E-state index contributed by atoms with van der Waals surface area (Å²) in [6.07, 6.45) is 3.03. The standard InChI is InChI=1S/C15H15N5O2S2/c1-2-3-7-12-16-17-15-18(12)19-13(24-15)9-23-14(19)10-5-4-6-11(8-10)20(21)22/h4-6,8-9,14H,2-3,7H2,1H3. The van der Waals surface area contributed by atoms with E-state index in [1.165, 1.54) is 6.07 Å².